The summed E-state index contributed by atoms with van der Waals surface area (Å²) in [5, 5.41) is 13.8. The molecule has 5 nitrogen and oxygen atoms in total. The molecule has 0 fully saturated rings. The largest absolute Gasteiger partial charge is 0.503 e. The van der Waals surface area contributed by atoms with E-state index in [4.69, 9.17) is 7.10 Å². The summed E-state index contributed by atoms with van der Waals surface area (Å²) in [6.07, 6.45) is 2.82. The summed E-state index contributed by atoms with van der Waals surface area (Å²) in [6.45, 7) is 2.01. The van der Waals surface area contributed by atoms with E-state index < -0.39 is 6.02 Å². The lowest BCUT2D eigenvalue weighted by molar-refractivity contribution is 0.475. The third-order valence-corrected chi connectivity index (χ3v) is 4.52. The van der Waals surface area contributed by atoms with E-state index in [0.717, 1.165) is 34.4 Å². The molecule has 0 aliphatic heterocycles. The molecule has 0 saturated heterocycles. The average Bonchev–Trinajstić information content (AvgIpc) is 2.92. The van der Waals surface area contributed by atoms with Crippen molar-refractivity contribution < 1.29 is 6.48 Å². The lowest BCUT2D eigenvalue weighted by Crippen LogP contribution is -2.05. The molecule has 25 heavy (non-hydrogen) atoms. The number of hydrogen-bond donors (Lipinski definition) is 3. The van der Waals surface area contributed by atoms with Crippen molar-refractivity contribution in [3.8, 4) is 17.0 Å². The van der Waals surface area contributed by atoms with Gasteiger partial charge >= 0.3 is 0 Å². The first kappa shape index (κ1) is 14.4. The number of fused-ring (bicyclic) bond motifs is 1. The van der Waals surface area contributed by atoms with Crippen LogP contribution in [-0.4, -0.2) is 15.1 Å². The van der Waals surface area contributed by atoms with Gasteiger partial charge in [0.15, 0.2) is 11.6 Å². The number of anilines is 2. The van der Waals surface area contributed by atoms with Gasteiger partial charge in [-0.15, -0.1) is 0 Å². The topological polar surface area (TPSA) is 84.1 Å². The Morgan fingerprint density at radius 3 is 2.80 bits per heavy atom. The van der Waals surface area contributed by atoms with Gasteiger partial charge < -0.3 is 16.2 Å². The normalized spacial score (nSPS) is 19.4. The van der Waals surface area contributed by atoms with Gasteiger partial charge in [-0.25, -0.2) is 9.97 Å². The maximum atomic E-state index is 10.6. The summed E-state index contributed by atoms with van der Waals surface area (Å²) < 4.78 is 8.13. The van der Waals surface area contributed by atoms with Crippen LogP contribution in [0.4, 0.5) is 11.5 Å². The van der Waals surface area contributed by atoms with Crippen molar-refractivity contribution in [1.29, 1.82) is 0 Å². The van der Waals surface area contributed by atoms with Gasteiger partial charge in [0, 0.05) is 17.3 Å². The van der Waals surface area contributed by atoms with Crippen LogP contribution in [0.25, 0.3) is 11.3 Å². The van der Waals surface area contributed by atoms with Gasteiger partial charge in [0.25, 0.3) is 0 Å². The zero-order valence-electron chi connectivity index (χ0n) is 15.0. The molecule has 1 atom stereocenters. The van der Waals surface area contributed by atoms with Crippen molar-refractivity contribution in [2.75, 3.05) is 5.32 Å². The molecule has 126 valence electrons. The van der Waals surface area contributed by atoms with Gasteiger partial charge in [-0.1, -0.05) is 35.9 Å². The van der Waals surface area contributed by atoms with Gasteiger partial charge in [0.1, 0.15) is 12.0 Å². The third kappa shape index (κ3) is 2.94. The summed E-state index contributed by atoms with van der Waals surface area (Å²) in [5.74, 6) is 0.351. The van der Waals surface area contributed by atoms with Crippen LogP contribution in [0, 0.1) is 6.92 Å². The highest BCUT2D eigenvalue weighted by Gasteiger charge is 2.19. The molecule has 1 unspecified atom stereocenters. The molecule has 1 heterocycles. The standard InChI is InChI=1S/C20H20N4O/c1-12-2-4-13(5-3-12)18-19(25)20(23-11-22-18)24-15-7-8-16-14(10-15)6-9-17(16)21/h2-5,7-8,10-11,17,25H,6,9,21H2,1H3,(H,22,23,24)/i17D. The maximum absolute atomic E-state index is 10.6. The molecule has 0 amide bonds. The Bertz CT molecular complexity index is 970. The summed E-state index contributed by atoms with van der Waals surface area (Å²) in [7, 11) is 0. The Morgan fingerprint density at radius 1 is 1.20 bits per heavy atom. The number of nitrogens with two attached hydrogens (primary N) is 1. The van der Waals surface area contributed by atoms with Crippen molar-refractivity contribution in [3.05, 3.63) is 65.5 Å². The number of aromatic hydroxyl groups is 1. The fourth-order valence-electron chi connectivity index (χ4n) is 3.13. The quantitative estimate of drug-likeness (QED) is 0.678. The van der Waals surface area contributed by atoms with E-state index >= 15 is 0 Å². The molecule has 0 radical (unpaired) electrons. The SMILES string of the molecule is [2H]C1(N)CCc2cc(Nc3ncnc(-c4ccc(C)cc4)c3O)ccc21. The van der Waals surface area contributed by atoms with Gasteiger partial charge in [0.05, 0.1) is 1.37 Å². The van der Waals surface area contributed by atoms with Crippen LogP contribution in [0.2, 0.25) is 0 Å². The van der Waals surface area contributed by atoms with E-state index in [0.29, 0.717) is 17.9 Å². The number of aromatic nitrogens is 2. The molecule has 4 rings (SSSR count). The average molecular weight is 333 g/mol. The zero-order valence-corrected chi connectivity index (χ0v) is 14.0. The second-order valence-electron chi connectivity index (χ2n) is 6.31. The van der Waals surface area contributed by atoms with Crippen LogP contribution in [-0.2, 0) is 6.42 Å². The molecule has 3 aromatic rings. The molecule has 5 heteroatoms. The molecule has 0 bridgehead atoms. The number of aryl methyl sites for hydroxylation is 2. The second-order valence-corrected chi connectivity index (χ2v) is 6.31. The molecule has 1 aliphatic rings. The van der Waals surface area contributed by atoms with Gasteiger partial charge in [-0.05, 0) is 43.0 Å². The Kier molecular flexibility index (Phi) is 3.57. The molecule has 2 aromatic carbocycles. The van der Waals surface area contributed by atoms with Gasteiger partial charge in [0.2, 0.25) is 0 Å². The van der Waals surface area contributed by atoms with E-state index in [9.17, 15) is 5.11 Å². The van der Waals surface area contributed by atoms with Crippen LogP contribution in [0.5, 0.6) is 5.75 Å². The highest BCUT2D eigenvalue weighted by Crippen LogP contribution is 2.35. The fourth-order valence-corrected chi connectivity index (χ4v) is 3.13. The van der Waals surface area contributed by atoms with Crippen LogP contribution in [0.3, 0.4) is 0 Å². The molecular weight excluding hydrogens is 312 g/mol. The molecule has 1 aliphatic carbocycles. The van der Waals surface area contributed by atoms with E-state index in [1.54, 1.807) is 0 Å². The van der Waals surface area contributed by atoms with Crippen LogP contribution in [0.1, 0.15) is 30.5 Å². The minimum atomic E-state index is -1.01. The van der Waals surface area contributed by atoms with Crippen molar-refractivity contribution >= 4 is 11.5 Å². The predicted octanol–water partition coefficient (Wildman–Crippen LogP) is 3.85. The molecule has 4 N–H and O–H groups in total. The second kappa shape index (κ2) is 6.18. The minimum Gasteiger partial charge on any atom is -0.503 e. The maximum Gasteiger partial charge on any atom is 0.185 e. The van der Waals surface area contributed by atoms with Crippen LogP contribution in [0.15, 0.2) is 48.8 Å². The minimum absolute atomic E-state index is 0.00511. The lowest BCUT2D eigenvalue weighted by atomic mass is 10.1. The van der Waals surface area contributed by atoms with E-state index in [1.807, 2.05) is 49.4 Å². The van der Waals surface area contributed by atoms with Gasteiger partial charge in [-0.2, -0.15) is 0 Å². The summed E-state index contributed by atoms with van der Waals surface area (Å²) >= 11 is 0. The number of hydrogen-bond acceptors (Lipinski definition) is 5. The van der Waals surface area contributed by atoms with Crippen molar-refractivity contribution in [1.82, 2.24) is 9.97 Å². The van der Waals surface area contributed by atoms with Crippen LogP contribution >= 0.6 is 0 Å². The van der Waals surface area contributed by atoms with E-state index in [-0.39, 0.29) is 5.75 Å². The summed E-state index contributed by atoms with van der Waals surface area (Å²) in [5.41, 5.74) is 11.2. The van der Waals surface area contributed by atoms with Crippen LogP contribution < -0.4 is 11.1 Å². The Hall–Kier alpha value is -2.92. The molecule has 1 aromatic heterocycles. The molecular formula is C20H20N4O. The number of rotatable bonds is 3. The van der Waals surface area contributed by atoms with E-state index in [1.165, 1.54) is 6.33 Å². The highest BCUT2D eigenvalue weighted by molar-refractivity contribution is 5.74. The molecule has 0 saturated carbocycles. The van der Waals surface area contributed by atoms with Crippen molar-refractivity contribution in [2.24, 2.45) is 5.73 Å². The number of nitrogens with zero attached hydrogens (tertiary/aromatic N) is 2. The third-order valence-electron chi connectivity index (χ3n) is 4.52. The lowest BCUT2D eigenvalue weighted by Gasteiger charge is -2.12. The first-order chi connectivity index (χ1) is 12.4. The van der Waals surface area contributed by atoms with E-state index in [2.05, 4.69) is 15.3 Å². The summed E-state index contributed by atoms with van der Waals surface area (Å²) in [4.78, 5) is 8.38. The Labute approximate surface area is 148 Å². The highest BCUT2D eigenvalue weighted by atomic mass is 16.3. The Morgan fingerprint density at radius 2 is 2.00 bits per heavy atom. The number of nitrogens with one attached hydrogen (secondary N) is 1. The predicted molar refractivity (Wildman–Crippen MR) is 98.8 cm³/mol. The smallest absolute Gasteiger partial charge is 0.185 e. The van der Waals surface area contributed by atoms with Crippen molar-refractivity contribution in [2.45, 2.75) is 25.8 Å². The first-order valence-electron chi connectivity index (χ1n) is 8.74. The fraction of sp³-hybridized carbons (Fsp3) is 0.200. The monoisotopic (exact) mass is 333 g/mol. The summed E-state index contributed by atoms with van der Waals surface area (Å²) in [6, 6.07) is 12.5. The molecule has 0 spiro atoms. The first-order valence-corrected chi connectivity index (χ1v) is 8.24. The van der Waals surface area contributed by atoms with Gasteiger partial charge in [-0.3, -0.25) is 0 Å². The van der Waals surface area contributed by atoms with Crippen molar-refractivity contribution in [3.63, 3.8) is 0 Å². The zero-order chi connectivity index (χ0) is 18.3. The number of benzene rings is 2. The Balaban J connectivity index is 1.66.